The van der Waals surface area contributed by atoms with E-state index in [1.807, 2.05) is 24.3 Å². The number of nitrogens with one attached hydrogen (secondary N) is 1. The van der Waals surface area contributed by atoms with E-state index in [1.165, 1.54) is 0 Å². The molecule has 0 aliphatic heterocycles. The van der Waals surface area contributed by atoms with Gasteiger partial charge in [0.05, 0.1) is 0 Å². The highest BCUT2D eigenvalue weighted by atomic mass is 16.2. The molecule has 0 heterocycles. The van der Waals surface area contributed by atoms with Gasteiger partial charge < -0.3 is 11.1 Å². The van der Waals surface area contributed by atoms with Crippen LogP contribution in [0.25, 0.3) is 0 Å². The summed E-state index contributed by atoms with van der Waals surface area (Å²) in [6.45, 7) is 4.18. The molecule has 4 heteroatoms. The largest absolute Gasteiger partial charge is 0.370 e. The SMILES string of the molecule is CC(C)c1cccc(NC(=O)CCC(N)=O)c1. The number of rotatable bonds is 5. The number of benzene rings is 1. The molecule has 0 aliphatic rings. The first-order valence-corrected chi connectivity index (χ1v) is 5.67. The van der Waals surface area contributed by atoms with Gasteiger partial charge in [-0.05, 0) is 23.6 Å². The van der Waals surface area contributed by atoms with Gasteiger partial charge in [-0.25, -0.2) is 0 Å². The number of carbonyl (C=O) groups is 2. The van der Waals surface area contributed by atoms with Crippen molar-refractivity contribution in [3.63, 3.8) is 0 Å². The zero-order valence-electron chi connectivity index (χ0n) is 10.2. The maximum Gasteiger partial charge on any atom is 0.224 e. The van der Waals surface area contributed by atoms with E-state index in [0.717, 1.165) is 11.3 Å². The van der Waals surface area contributed by atoms with E-state index in [9.17, 15) is 9.59 Å². The molecule has 0 unspecified atom stereocenters. The van der Waals surface area contributed by atoms with Gasteiger partial charge in [0.2, 0.25) is 11.8 Å². The number of hydrogen-bond donors (Lipinski definition) is 2. The maximum absolute atomic E-state index is 11.5. The molecular formula is C13H18N2O2. The second kappa shape index (κ2) is 6.03. The molecule has 92 valence electrons. The summed E-state index contributed by atoms with van der Waals surface area (Å²) >= 11 is 0. The summed E-state index contributed by atoms with van der Waals surface area (Å²) in [5.74, 6) is -0.238. The van der Waals surface area contributed by atoms with Crippen LogP contribution in [-0.2, 0) is 9.59 Å². The predicted molar refractivity (Wildman–Crippen MR) is 67.6 cm³/mol. The molecule has 0 fully saturated rings. The van der Waals surface area contributed by atoms with Crippen LogP contribution in [0.2, 0.25) is 0 Å². The van der Waals surface area contributed by atoms with Crippen LogP contribution in [0.3, 0.4) is 0 Å². The van der Waals surface area contributed by atoms with Crippen LogP contribution in [0.1, 0.15) is 38.2 Å². The standard InChI is InChI=1S/C13H18N2O2/c1-9(2)10-4-3-5-11(8-10)15-13(17)7-6-12(14)16/h3-5,8-9H,6-7H2,1-2H3,(H2,14,16)(H,15,17). The lowest BCUT2D eigenvalue weighted by molar-refractivity contribution is -0.122. The predicted octanol–water partition coefficient (Wildman–Crippen LogP) is 2.01. The number of nitrogens with two attached hydrogens (primary N) is 1. The Morgan fingerprint density at radius 1 is 1.29 bits per heavy atom. The molecule has 1 aromatic carbocycles. The third kappa shape index (κ3) is 4.68. The Balaban J connectivity index is 2.59. The van der Waals surface area contributed by atoms with E-state index >= 15 is 0 Å². The van der Waals surface area contributed by atoms with Gasteiger partial charge in [-0.1, -0.05) is 26.0 Å². The van der Waals surface area contributed by atoms with Crippen molar-refractivity contribution in [3.8, 4) is 0 Å². The summed E-state index contributed by atoms with van der Waals surface area (Å²) in [6, 6.07) is 7.68. The quantitative estimate of drug-likeness (QED) is 0.818. The summed E-state index contributed by atoms with van der Waals surface area (Å²) in [5, 5.41) is 2.75. The fraction of sp³-hybridized carbons (Fsp3) is 0.385. The van der Waals surface area contributed by atoms with Crippen molar-refractivity contribution in [2.24, 2.45) is 5.73 Å². The minimum atomic E-state index is -0.462. The third-order valence-corrected chi connectivity index (χ3v) is 2.44. The number of amides is 2. The monoisotopic (exact) mass is 234 g/mol. The van der Waals surface area contributed by atoms with Crippen molar-refractivity contribution in [1.29, 1.82) is 0 Å². The lowest BCUT2D eigenvalue weighted by Gasteiger charge is -2.09. The molecule has 1 rings (SSSR count). The lowest BCUT2D eigenvalue weighted by Crippen LogP contribution is -2.17. The normalized spacial score (nSPS) is 10.3. The molecule has 0 radical (unpaired) electrons. The highest BCUT2D eigenvalue weighted by molar-refractivity contribution is 5.93. The second-order valence-corrected chi connectivity index (χ2v) is 4.29. The average Bonchev–Trinajstić information content (AvgIpc) is 2.26. The van der Waals surface area contributed by atoms with E-state index in [1.54, 1.807) is 0 Å². The molecule has 1 aromatic rings. The van der Waals surface area contributed by atoms with Gasteiger partial charge in [0.25, 0.3) is 0 Å². The highest BCUT2D eigenvalue weighted by Crippen LogP contribution is 2.18. The van der Waals surface area contributed by atoms with Crippen molar-refractivity contribution in [2.45, 2.75) is 32.6 Å². The molecule has 2 amide bonds. The average molecular weight is 234 g/mol. The number of hydrogen-bond acceptors (Lipinski definition) is 2. The van der Waals surface area contributed by atoms with E-state index < -0.39 is 5.91 Å². The zero-order chi connectivity index (χ0) is 12.8. The molecule has 0 aliphatic carbocycles. The second-order valence-electron chi connectivity index (χ2n) is 4.29. The van der Waals surface area contributed by atoms with Crippen LogP contribution < -0.4 is 11.1 Å². The number of anilines is 1. The van der Waals surface area contributed by atoms with Crippen LogP contribution >= 0.6 is 0 Å². The highest BCUT2D eigenvalue weighted by Gasteiger charge is 2.06. The van der Waals surface area contributed by atoms with Gasteiger partial charge in [-0.3, -0.25) is 9.59 Å². The summed E-state index contributed by atoms with van der Waals surface area (Å²) in [7, 11) is 0. The summed E-state index contributed by atoms with van der Waals surface area (Å²) in [4.78, 5) is 22.0. The maximum atomic E-state index is 11.5. The summed E-state index contributed by atoms with van der Waals surface area (Å²) < 4.78 is 0. The zero-order valence-corrected chi connectivity index (χ0v) is 10.2. The van der Waals surface area contributed by atoms with Crippen LogP contribution in [0.4, 0.5) is 5.69 Å². The van der Waals surface area contributed by atoms with Crippen LogP contribution in [0.5, 0.6) is 0 Å². The Morgan fingerprint density at radius 2 is 2.00 bits per heavy atom. The molecule has 0 aromatic heterocycles. The van der Waals surface area contributed by atoms with Crippen LogP contribution in [0, 0.1) is 0 Å². The molecular weight excluding hydrogens is 216 g/mol. The van der Waals surface area contributed by atoms with Gasteiger partial charge in [0.1, 0.15) is 0 Å². The molecule has 0 saturated heterocycles. The van der Waals surface area contributed by atoms with Gasteiger partial charge >= 0.3 is 0 Å². The fourth-order valence-electron chi connectivity index (χ4n) is 1.44. The number of primary amides is 1. The first kappa shape index (κ1) is 13.2. The van der Waals surface area contributed by atoms with Crippen molar-refractivity contribution >= 4 is 17.5 Å². The molecule has 0 saturated carbocycles. The van der Waals surface area contributed by atoms with Gasteiger partial charge in [0.15, 0.2) is 0 Å². The minimum Gasteiger partial charge on any atom is -0.370 e. The summed E-state index contributed by atoms with van der Waals surface area (Å²) in [6.07, 6.45) is 0.205. The third-order valence-electron chi connectivity index (χ3n) is 2.44. The van der Waals surface area contributed by atoms with Gasteiger partial charge in [-0.15, -0.1) is 0 Å². The van der Waals surface area contributed by atoms with E-state index in [0.29, 0.717) is 5.92 Å². The Bertz CT molecular complexity index is 414. The van der Waals surface area contributed by atoms with Crippen molar-refractivity contribution in [1.82, 2.24) is 0 Å². The Hall–Kier alpha value is -1.84. The Morgan fingerprint density at radius 3 is 2.59 bits per heavy atom. The van der Waals surface area contributed by atoms with Crippen LogP contribution in [-0.4, -0.2) is 11.8 Å². The molecule has 0 spiro atoms. The Labute approximate surface area is 101 Å². The fourth-order valence-corrected chi connectivity index (χ4v) is 1.44. The van der Waals surface area contributed by atoms with Crippen molar-refractivity contribution in [2.75, 3.05) is 5.32 Å². The molecule has 0 bridgehead atoms. The molecule has 3 N–H and O–H groups in total. The summed E-state index contributed by atoms with van der Waals surface area (Å²) in [5.41, 5.74) is 6.90. The minimum absolute atomic E-state index is 0.0791. The van der Waals surface area contributed by atoms with Gasteiger partial charge in [0, 0.05) is 18.5 Å². The first-order valence-electron chi connectivity index (χ1n) is 5.67. The lowest BCUT2D eigenvalue weighted by atomic mass is 10.0. The molecule has 4 nitrogen and oxygen atoms in total. The smallest absolute Gasteiger partial charge is 0.224 e. The van der Waals surface area contributed by atoms with E-state index in [2.05, 4.69) is 19.2 Å². The van der Waals surface area contributed by atoms with Gasteiger partial charge in [-0.2, -0.15) is 0 Å². The van der Waals surface area contributed by atoms with Crippen LogP contribution in [0.15, 0.2) is 24.3 Å². The van der Waals surface area contributed by atoms with Crippen molar-refractivity contribution < 1.29 is 9.59 Å². The van der Waals surface area contributed by atoms with E-state index in [-0.39, 0.29) is 18.7 Å². The molecule has 0 atom stereocenters. The molecule has 17 heavy (non-hydrogen) atoms. The van der Waals surface area contributed by atoms with Crippen molar-refractivity contribution in [3.05, 3.63) is 29.8 Å². The van der Waals surface area contributed by atoms with E-state index in [4.69, 9.17) is 5.73 Å². The first-order chi connectivity index (χ1) is 7.99. The Kier molecular flexibility index (Phi) is 4.69. The number of carbonyl (C=O) groups excluding carboxylic acids is 2. The topological polar surface area (TPSA) is 72.2 Å².